The second-order valence-corrected chi connectivity index (χ2v) is 3.98. The number of halogens is 1. The first-order valence-corrected chi connectivity index (χ1v) is 5.22. The van der Waals surface area contributed by atoms with Crippen molar-refractivity contribution in [2.24, 2.45) is 0 Å². The van der Waals surface area contributed by atoms with Crippen LogP contribution in [-0.2, 0) is 0 Å². The maximum atomic E-state index is 5.67. The molecule has 0 radical (unpaired) electrons. The minimum atomic E-state index is 0.196. The number of hydrogen-bond acceptors (Lipinski definition) is 4. The van der Waals surface area contributed by atoms with E-state index < -0.39 is 0 Å². The fourth-order valence-corrected chi connectivity index (χ4v) is 1.57. The zero-order valence-electron chi connectivity index (χ0n) is 7.68. The largest absolute Gasteiger partial charge is 0.382 e. The second-order valence-electron chi connectivity index (χ2n) is 2.93. The van der Waals surface area contributed by atoms with Crippen LogP contribution in [0.15, 0.2) is 12.7 Å². The molecule has 0 aromatic carbocycles. The van der Waals surface area contributed by atoms with Gasteiger partial charge < -0.3 is 10.3 Å². The molecule has 0 aliphatic heterocycles. The highest BCUT2D eigenvalue weighted by Gasteiger charge is 2.11. The van der Waals surface area contributed by atoms with Gasteiger partial charge >= 0.3 is 0 Å². The third-order valence-electron chi connectivity index (χ3n) is 2.03. The molecule has 0 amide bonds. The third-order valence-corrected chi connectivity index (χ3v) is 3.11. The highest BCUT2D eigenvalue weighted by Crippen LogP contribution is 2.24. The molecule has 1 atom stereocenters. The molecule has 2 aromatic rings. The molecule has 2 aromatic heterocycles. The standard InChI is InChI=1S/C8H10BrN5/c1-2-5(9)14-4-13-6-7(10)11-3-12-8(6)14/h3-5H,2H2,1H3,(H2,10,11,12). The monoisotopic (exact) mass is 255 g/mol. The van der Waals surface area contributed by atoms with Gasteiger partial charge in [-0.15, -0.1) is 0 Å². The Labute approximate surface area is 89.5 Å². The molecule has 0 bridgehead atoms. The molecule has 1 unspecified atom stereocenters. The Morgan fingerprint density at radius 1 is 1.50 bits per heavy atom. The van der Waals surface area contributed by atoms with Gasteiger partial charge in [-0.25, -0.2) is 15.0 Å². The van der Waals surface area contributed by atoms with Crippen LogP contribution in [0.2, 0.25) is 0 Å². The van der Waals surface area contributed by atoms with Crippen molar-refractivity contribution >= 4 is 32.9 Å². The molecular weight excluding hydrogens is 246 g/mol. The summed E-state index contributed by atoms with van der Waals surface area (Å²) >= 11 is 3.53. The van der Waals surface area contributed by atoms with Crippen LogP contribution in [0.25, 0.3) is 11.2 Å². The van der Waals surface area contributed by atoms with Crippen LogP contribution in [0.5, 0.6) is 0 Å². The first kappa shape index (κ1) is 9.39. The summed E-state index contributed by atoms with van der Waals surface area (Å²) in [5.41, 5.74) is 7.09. The van der Waals surface area contributed by atoms with E-state index in [4.69, 9.17) is 5.73 Å². The van der Waals surface area contributed by atoms with Crippen molar-refractivity contribution in [1.82, 2.24) is 19.5 Å². The summed E-state index contributed by atoms with van der Waals surface area (Å²) in [4.78, 5) is 12.4. The zero-order valence-corrected chi connectivity index (χ0v) is 9.27. The van der Waals surface area contributed by atoms with Crippen molar-refractivity contribution in [2.75, 3.05) is 5.73 Å². The van der Waals surface area contributed by atoms with Crippen LogP contribution < -0.4 is 5.73 Å². The van der Waals surface area contributed by atoms with Crippen LogP contribution in [0.3, 0.4) is 0 Å². The Hall–Kier alpha value is -1.17. The fraction of sp³-hybridized carbons (Fsp3) is 0.375. The van der Waals surface area contributed by atoms with E-state index in [1.54, 1.807) is 6.33 Å². The van der Waals surface area contributed by atoms with Crippen molar-refractivity contribution < 1.29 is 0 Å². The van der Waals surface area contributed by atoms with Crippen molar-refractivity contribution in [1.29, 1.82) is 0 Å². The van der Waals surface area contributed by atoms with Crippen molar-refractivity contribution in [3.05, 3.63) is 12.7 Å². The molecule has 0 spiro atoms. The minimum absolute atomic E-state index is 0.196. The van der Waals surface area contributed by atoms with Crippen LogP contribution >= 0.6 is 15.9 Å². The first-order chi connectivity index (χ1) is 6.74. The Bertz CT molecular complexity index is 452. The van der Waals surface area contributed by atoms with Crippen LogP contribution in [0.4, 0.5) is 5.82 Å². The number of nitrogen functional groups attached to an aromatic ring is 1. The highest BCUT2D eigenvalue weighted by atomic mass is 79.9. The lowest BCUT2D eigenvalue weighted by atomic mass is 10.4. The van der Waals surface area contributed by atoms with Crippen molar-refractivity contribution in [3.8, 4) is 0 Å². The molecule has 5 nitrogen and oxygen atoms in total. The molecule has 0 fully saturated rings. The van der Waals surface area contributed by atoms with Gasteiger partial charge in [-0.2, -0.15) is 0 Å². The molecule has 2 heterocycles. The van der Waals surface area contributed by atoms with Gasteiger partial charge in [0.1, 0.15) is 11.8 Å². The van der Waals surface area contributed by atoms with E-state index in [1.807, 2.05) is 4.57 Å². The molecule has 2 rings (SSSR count). The topological polar surface area (TPSA) is 69.6 Å². The smallest absolute Gasteiger partial charge is 0.166 e. The van der Waals surface area contributed by atoms with E-state index in [-0.39, 0.29) is 4.95 Å². The average molecular weight is 256 g/mol. The molecule has 14 heavy (non-hydrogen) atoms. The quantitative estimate of drug-likeness (QED) is 0.830. The first-order valence-electron chi connectivity index (χ1n) is 4.31. The minimum Gasteiger partial charge on any atom is -0.382 e. The molecule has 0 saturated heterocycles. The van der Waals surface area contributed by atoms with Gasteiger partial charge in [0, 0.05) is 0 Å². The van der Waals surface area contributed by atoms with Crippen molar-refractivity contribution in [2.45, 2.75) is 18.3 Å². The molecular formula is C8H10BrN5. The molecule has 74 valence electrons. The summed E-state index contributed by atoms with van der Waals surface area (Å²) < 4.78 is 1.94. The number of imidazole rings is 1. The molecule has 0 aliphatic carbocycles. The lowest BCUT2D eigenvalue weighted by molar-refractivity contribution is 0.682. The predicted octanol–water partition coefficient (Wildman–Crippen LogP) is 1.71. The van der Waals surface area contributed by atoms with Crippen LogP contribution in [0, 0.1) is 0 Å². The maximum Gasteiger partial charge on any atom is 0.166 e. The number of fused-ring (bicyclic) bond motifs is 1. The molecule has 0 aliphatic rings. The van der Waals surface area contributed by atoms with Gasteiger partial charge in [-0.1, -0.05) is 22.9 Å². The van der Waals surface area contributed by atoms with Gasteiger partial charge in [0.25, 0.3) is 0 Å². The van der Waals surface area contributed by atoms with E-state index in [9.17, 15) is 0 Å². The summed E-state index contributed by atoms with van der Waals surface area (Å²) in [5.74, 6) is 0.421. The van der Waals surface area contributed by atoms with Crippen molar-refractivity contribution in [3.63, 3.8) is 0 Å². The van der Waals surface area contributed by atoms with E-state index in [0.29, 0.717) is 11.3 Å². The van der Waals surface area contributed by atoms with Gasteiger partial charge in [-0.3, -0.25) is 0 Å². The zero-order chi connectivity index (χ0) is 10.1. The highest BCUT2D eigenvalue weighted by molar-refractivity contribution is 9.09. The van der Waals surface area contributed by atoms with Gasteiger partial charge in [0.15, 0.2) is 11.5 Å². The molecule has 0 saturated carbocycles. The summed E-state index contributed by atoms with van der Waals surface area (Å²) in [6.45, 7) is 2.08. The van der Waals surface area contributed by atoms with Gasteiger partial charge in [-0.05, 0) is 6.42 Å². The number of nitrogens with zero attached hydrogens (tertiary/aromatic N) is 4. The second kappa shape index (κ2) is 3.53. The number of anilines is 1. The molecule has 6 heteroatoms. The summed E-state index contributed by atoms with van der Waals surface area (Å²) in [5, 5.41) is 0. The summed E-state index contributed by atoms with van der Waals surface area (Å²) in [7, 11) is 0. The van der Waals surface area contributed by atoms with Crippen LogP contribution in [0.1, 0.15) is 18.3 Å². The summed E-state index contributed by atoms with van der Waals surface area (Å²) in [6.07, 6.45) is 4.12. The Balaban J connectivity index is 2.63. The van der Waals surface area contributed by atoms with Gasteiger partial charge in [0.05, 0.1) is 11.3 Å². The van der Waals surface area contributed by atoms with E-state index in [2.05, 4.69) is 37.8 Å². The number of alkyl halides is 1. The third kappa shape index (κ3) is 1.35. The normalized spacial score (nSPS) is 13.3. The number of rotatable bonds is 2. The van der Waals surface area contributed by atoms with Crippen LogP contribution in [-0.4, -0.2) is 19.5 Å². The maximum absolute atomic E-state index is 5.67. The fourth-order valence-electron chi connectivity index (χ4n) is 1.27. The lowest BCUT2D eigenvalue weighted by Gasteiger charge is -2.08. The lowest BCUT2D eigenvalue weighted by Crippen LogP contribution is -2.01. The average Bonchev–Trinajstić information content (AvgIpc) is 2.62. The Morgan fingerprint density at radius 3 is 3.00 bits per heavy atom. The van der Waals surface area contributed by atoms with E-state index >= 15 is 0 Å². The number of aromatic nitrogens is 4. The number of nitrogens with two attached hydrogens (primary N) is 1. The summed E-state index contributed by atoms with van der Waals surface area (Å²) in [6, 6.07) is 0. The molecule has 2 N–H and O–H groups in total. The van der Waals surface area contributed by atoms with E-state index in [0.717, 1.165) is 12.1 Å². The van der Waals surface area contributed by atoms with Gasteiger partial charge in [0.2, 0.25) is 0 Å². The predicted molar refractivity (Wildman–Crippen MR) is 58.0 cm³/mol. The Kier molecular flexibility index (Phi) is 2.37. The number of hydrogen-bond donors (Lipinski definition) is 1. The SMILES string of the molecule is CCC(Br)n1cnc2c(N)ncnc21. The Morgan fingerprint density at radius 2 is 2.29 bits per heavy atom. The van der Waals surface area contributed by atoms with E-state index in [1.165, 1.54) is 6.33 Å².